The quantitative estimate of drug-likeness (QED) is 0.792. The number of carboxylic acid groups (broad SMARTS) is 1. The van der Waals surface area contributed by atoms with Crippen LogP contribution in [0.3, 0.4) is 0 Å². The number of carbonyl (C=O) groups is 1. The number of nitrogens with one attached hydrogen (secondary N) is 1. The number of hydrogen-bond donors (Lipinski definition) is 2. The third-order valence-corrected chi connectivity index (χ3v) is 2.73. The normalized spacial score (nSPS) is 14.5. The number of H-pyrrole nitrogens is 1. The molecule has 0 spiro atoms. The van der Waals surface area contributed by atoms with Crippen molar-refractivity contribution in [3.8, 4) is 11.5 Å². The van der Waals surface area contributed by atoms with E-state index in [-0.39, 0.29) is 6.04 Å². The molecule has 0 radical (unpaired) electrons. The van der Waals surface area contributed by atoms with Crippen molar-refractivity contribution in [2.75, 3.05) is 0 Å². The topological polar surface area (TPSA) is 110 Å². The Morgan fingerprint density at radius 3 is 2.88 bits per heavy atom. The molecule has 0 aliphatic rings. The highest BCUT2D eigenvalue weighted by Crippen LogP contribution is 2.21. The number of carboxylic acids is 1. The molecule has 2 aromatic heterocycles. The van der Waals surface area contributed by atoms with E-state index in [4.69, 9.17) is 5.11 Å². The molecule has 8 heteroatoms. The van der Waals surface area contributed by atoms with Crippen LogP contribution in [0.4, 0.5) is 0 Å². The Bertz CT molecular complexity index is 505. The van der Waals surface area contributed by atoms with Crippen LogP contribution in [-0.2, 0) is 4.79 Å². The number of aromatic nitrogens is 6. The summed E-state index contributed by atoms with van der Waals surface area (Å²) >= 11 is 0. The lowest BCUT2D eigenvalue weighted by molar-refractivity contribution is -0.142. The van der Waals surface area contributed by atoms with Gasteiger partial charge in [-0.05, 0) is 30.3 Å². The van der Waals surface area contributed by atoms with Gasteiger partial charge >= 0.3 is 5.97 Å². The average Bonchev–Trinajstić information content (AvgIpc) is 2.96. The minimum Gasteiger partial charge on any atom is -0.481 e. The Morgan fingerprint density at radius 2 is 2.29 bits per heavy atom. The van der Waals surface area contributed by atoms with Crippen LogP contribution < -0.4 is 0 Å². The summed E-state index contributed by atoms with van der Waals surface area (Å²) in [5.41, 5.74) is 0.652. The number of aliphatic carboxylic acids is 1. The van der Waals surface area contributed by atoms with E-state index in [9.17, 15) is 4.79 Å². The minimum atomic E-state index is -0.886. The standard InChI is InChI=1S/C9H12N6O2/c1-5(9(16)17)6(2)15-8(12-13-14-15)7-3-4-10-11-7/h3-6H,1-2H3,(H,10,11)(H,16,17). The van der Waals surface area contributed by atoms with Crippen molar-refractivity contribution in [1.82, 2.24) is 30.4 Å². The van der Waals surface area contributed by atoms with Gasteiger partial charge in [0.15, 0.2) is 5.82 Å². The molecule has 2 unspecified atom stereocenters. The molecule has 0 aliphatic carbocycles. The first-order valence-corrected chi connectivity index (χ1v) is 5.11. The summed E-state index contributed by atoms with van der Waals surface area (Å²) < 4.78 is 1.48. The summed E-state index contributed by atoms with van der Waals surface area (Å²) in [6.07, 6.45) is 1.58. The van der Waals surface area contributed by atoms with Gasteiger partial charge in [-0.3, -0.25) is 9.89 Å². The summed E-state index contributed by atoms with van der Waals surface area (Å²) in [5, 5.41) is 26.8. The molecule has 2 N–H and O–H groups in total. The van der Waals surface area contributed by atoms with Crippen molar-refractivity contribution < 1.29 is 9.90 Å². The summed E-state index contributed by atoms with van der Waals surface area (Å²) in [6, 6.07) is 1.38. The summed E-state index contributed by atoms with van der Waals surface area (Å²) in [4.78, 5) is 10.9. The Balaban J connectivity index is 2.34. The van der Waals surface area contributed by atoms with Crippen LogP contribution in [0.25, 0.3) is 11.5 Å². The zero-order valence-electron chi connectivity index (χ0n) is 9.40. The van der Waals surface area contributed by atoms with Gasteiger partial charge in [0.2, 0.25) is 0 Å². The lowest BCUT2D eigenvalue weighted by Crippen LogP contribution is -2.23. The first-order chi connectivity index (χ1) is 8.11. The SMILES string of the molecule is CC(C(=O)O)C(C)n1nnnc1-c1ccn[nH]1. The van der Waals surface area contributed by atoms with Gasteiger partial charge in [0, 0.05) is 6.20 Å². The molecule has 17 heavy (non-hydrogen) atoms. The van der Waals surface area contributed by atoms with Gasteiger partial charge < -0.3 is 5.11 Å². The number of aromatic amines is 1. The Labute approximate surface area is 96.6 Å². The van der Waals surface area contributed by atoms with Gasteiger partial charge in [0.05, 0.1) is 12.0 Å². The Kier molecular flexibility index (Phi) is 2.86. The fraction of sp³-hybridized carbons (Fsp3) is 0.444. The van der Waals surface area contributed by atoms with Crippen molar-refractivity contribution in [2.45, 2.75) is 19.9 Å². The monoisotopic (exact) mass is 236 g/mol. The summed E-state index contributed by atoms with van der Waals surface area (Å²) in [6.45, 7) is 3.38. The predicted molar refractivity (Wildman–Crippen MR) is 56.9 cm³/mol. The highest BCUT2D eigenvalue weighted by molar-refractivity contribution is 5.70. The van der Waals surface area contributed by atoms with Crippen molar-refractivity contribution >= 4 is 5.97 Å². The fourth-order valence-corrected chi connectivity index (χ4v) is 1.44. The summed E-state index contributed by atoms with van der Waals surface area (Å²) in [7, 11) is 0. The number of hydrogen-bond acceptors (Lipinski definition) is 5. The molecule has 0 aliphatic heterocycles. The number of tetrazole rings is 1. The fourth-order valence-electron chi connectivity index (χ4n) is 1.44. The lowest BCUT2D eigenvalue weighted by Gasteiger charge is -2.16. The van der Waals surface area contributed by atoms with Crippen LogP contribution in [0, 0.1) is 5.92 Å². The van der Waals surface area contributed by atoms with E-state index in [0.29, 0.717) is 11.5 Å². The molecule has 0 saturated heterocycles. The largest absolute Gasteiger partial charge is 0.481 e. The molecule has 0 aromatic carbocycles. The van der Waals surface area contributed by atoms with Gasteiger partial charge in [-0.25, -0.2) is 4.68 Å². The highest BCUT2D eigenvalue weighted by Gasteiger charge is 2.25. The van der Waals surface area contributed by atoms with Crippen LogP contribution in [0.15, 0.2) is 12.3 Å². The van der Waals surface area contributed by atoms with Crippen LogP contribution >= 0.6 is 0 Å². The second-order valence-electron chi connectivity index (χ2n) is 3.78. The zero-order chi connectivity index (χ0) is 12.4. The van der Waals surface area contributed by atoms with E-state index in [0.717, 1.165) is 0 Å². The smallest absolute Gasteiger partial charge is 0.308 e. The molecular formula is C9H12N6O2. The molecule has 0 saturated carbocycles. The number of nitrogens with zero attached hydrogens (tertiary/aromatic N) is 5. The van der Waals surface area contributed by atoms with Crippen molar-refractivity contribution in [3.63, 3.8) is 0 Å². The van der Waals surface area contributed by atoms with Gasteiger partial charge in [-0.15, -0.1) is 5.10 Å². The molecule has 0 amide bonds. The maximum atomic E-state index is 10.9. The second kappa shape index (κ2) is 4.32. The Hall–Kier alpha value is -2.25. The van der Waals surface area contributed by atoms with Crippen molar-refractivity contribution in [3.05, 3.63) is 12.3 Å². The van der Waals surface area contributed by atoms with Gasteiger partial charge in [-0.1, -0.05) is 0 Å². The van der Waals surface area contributed by atoms with E-state index in [2.05, 4.69) is 25.7 Å². The molecule has 2 atom stereocenters. The molecule has 2 aromatic rings. The molecule has 2 heterocycles. The highest BCUT2D eigenvalue weighted by atomic mass is 16.4. The van der Waals surface area contributed by atoms with E-state index in [1.807, 2.05) is 0 Å². The van der Waals surface area contributed by atoms with Gasteiger partial charge in [0.1, 0.15) is 5.69 Å². The van der Waals surface area contributed by atoms with Crippen LogP contribution in [0.2, 0.25) is 0 Å². The van der Waals surface area contributed by atoms with Crippen LogP contribution in [0.1, 0.15) is 19.9 Å². The van der Waals surface area contributed by atoms with E-state index in [1.165, 1.54) is 4.68 Å². The van der Waals surface area contributed by atoms with E-state index < -0.39 is 11.9 Å². The molecule has 0 bridgehead atoms. The van der Waals surface area contributed by atoms with Gasteiger partial charge in [0.25, 0.3) is 0 Å². The van der Waals surface area contributed by atoms with Crippen LogP contribution in [0.5, 0.6) is 0 Å². The van der Waals surface area contributed by atoms with Crippen molar-refractivity contribution in [1.29, 1.82) is 0 Å². The van der Waals surface area contributed by atoms with Crippen molar-refractivity contribution in [2.24, 2.45) is 5.92 Å². The number of rotatable bonds is 4. The third kappa shape index (κ3) is 2.01. The zero-order valence-corrected chi connectivity index (χ0v) is 9.40. The molecular weight excluding hydrogens is 224 g/mol. The maximum absolute atomic E-state index is 10.9. The summed E-state index contributed by atoms with van der Waals surface area (Å²) in [5.74, 6) is -0.994. The molecule has 8 nitrogen and oxygen atoms in total. The minimum absolute atomic E-state index is 0.346. The Morgan fingerprint density at radius 1 is 1.53 bits per heavy atom. The lowest BCUT2D eigenvalue weighted by atomic mass is 10.0. The van der Waals surface area contributed by atoms with Crippen LogP contribution in [-0.4, -0.2) is 41.5 Å². The van der Waals surface area contributed by atoms with E-state index >= 15 is 0 Å². The predicted octanol–water partition coefficient (Wildman–Crippen LogP) is 0.345. The maximum Gasteiger partial charge on any atom is 0.308 e. The molecule has 90 valence electrons. The second-order valence-corrected chi connectivity index (χ2v) is 3.78. The first-order valence-electron chi connectivity index (χ1n) is 5.11. The van der Waals surface area contributed by atoms with Gasteiger partial charge in [-0.2, -0.15) is 5.10 Å². The third-order valence-electron chi connectivity index (χ3n) is 2.73. The molecule has 0 fully saturated rings. The molecule has 2 rings (SSSR count). The van der Waals surface area contributed by atoms with E-state index in [1.54, 1.807) is 26.1 Å². The first kappa shape index (κ1) is 11.2. The average molecular weight is 236 g/mol.